The SMILES string of the molecule is CC(=O)Oc1cc(OC(C)=O)cc(/C(=C\c2ccc(OC(C)=O)c(OC(C)=O)c2)C(=O)O)c1. The number of carbonyl (C=O) groups excluding carboxylic acids is 4. The molecule has 0 bridgehead atoms. The Hall–Kier alpha value is -4.47. The normalized spacial score (nSPS) is 10.7. The monoisotopic (exact) mass is 456 g/mol. The first-order chi connectivity index (χ1) is 15.4. The minimum atomic E-state index is -1.35. The maximum absolute atomic E-state index is 12.0. The van der Waals surface area contributed by atoms with Crippen LogP contribution >= 0.6 is 0 Å². The van der Waals surface area contributed by atoms with Crippen LogP contribution in [0, 0.1) is 0 Å². The molecule has 10 nitrogen and oxygen atoms in total. The number of carboxylic acids is 1. The molecule has 0 saturated heterocycles. The molecule has 2 aromatic rings. The Balaban J connectivity index is 2.61. The Bertz CT molecular complexity index is 1130. The van der Waals surface area contributed by atoms with Gasteiger partial charge in [-0.15, -0.1) is 0 Å². The number of carbonyl (C=O) groups is 5. The van der Waals surface area contributed by atoms with Gasteiger partial charge in [-0.25, -0.2) is 4.79 Å². The molecule has 2 rings (SSSR count). The zero-order valence-electron chi connectivity index (χ0n) is 18.2. The fraction of sp³-hybridized carbons (Fsp3) is 0.174. The highest BCUT2D eigenvalue weighted by Crippen LogP contribution is 2.32. The highest BCUT2D eigenvalue weighted by atomic mass is 16.6. The van der Waals surface area contributed by atoms with Crippen LogP contribution in [-0.2, 0) is 24.0 Å². The van der Waals surface area contributed by atoms with Gasteiger partial charge in [0.25, 0.3) is 0 Å². The van der Waals surface area contributed by atoms with Crippen molar-refractivity contribution in [3.05, 3.63) is 47.5 Å². The van der Waals surface area contributed by atoms with E-state index in [0.717, 1.165) is 20.8 Å². The van der Waals surface area contributed by atoms with Crippen molar-refractivity contribution in [2.75, 3.05) is 0 Å². The van der Waals surface area contributed by atoms with E-state index in [1.807, 2.05) is 0 Å². The third kappa shape index (κ3) is 7.62. The predicted molar refractivity (Wildman–Crippen MR) is 114 cm³/mol. The molecule has 0 heterocycles. The summed E-state index contributed by atoms with van der Waals surface area (Å²) in [5.74, 6) is -4.17. The number of hydrogen-bond donors (Lipinski definition) is 1. The first-order valence-corrected chi connectivity index (χ1v) is 9.42. The summed E-state index contributed by atoms with van der Waals surface area (Å²) in [4.78, 5) is 57.4. The smallest absolute Gasteiger partial charge is 0.336 e. The van der Waals surface area contributed by atoms with Gasteiger partial charge in [-0.1, -0.05) is 6.07 Å². The van der Waals surface area contributed by atoms with Gasteiger partial charge in [-0.2, -0.15) is 0 Å². The Morgan fingerprint density at radius 2 is 1.15 bits per heavy atom. The van der Waals surface area contributed by atoms with Crippen molar-refractivity contribution in [2.24, 2.45) is 0 Å². The molecule has 172 valence electrons. The Labute approximate surface area is 188 Å². The number of rotatable bonds is 7. The van der Waals surface area contributed by atoms with E-state index in [9.17, 15) is 29.1 Å². The van der Waals surface area contributed by atoms with Crippen molar-refractivity contribution >= 4 is 41.5 Å². The van der Waals surface area contributed by atoms with E-state index in [2.05, 4.69) is 0 Å². The highest BCUT2D eigenvalue weighted by Gasteiger charge is 2.17. The molecule has 0 amide bonds. The van der Waals surface area contributed by atoms with Gasteiger partial charge in [0.2, 0.25) is 0 Å². The quantitative estimate of drug-likeness (QED) is 0.286. The van der Waals surface area contributed by atoms with Crippen LogP contribution in [0.1, 0.15) is 38.8 Å². The van der Waals surface area contributed by atoms with Crippen molar-refractivity contribution in [3.8, 4) is 23.0 Å². The zero-order chi connectivity index (χ0) is 24.7. The van der Waals surface area contributed by atoms with Crippen LogP contribution in [0.3, 0.4) is 0 Å². The van der Waals surface area contributed by atoms with Crippen molar-refractivity contribution < 1.29 is 48.0 Å². The number of hydrogen-bond acceptors (Lipinski definition) is 9. The lowest BCUT2D eigenvalue weighted by Gasteiger charge is -2.11. The number of aliphatic carboxylic acids is 1. The summed E-state index contributed by atoms with van der Waals surface area (Å²) in [6.45, 7) is 4.64. The average Bonchev–Trinajstić information content (AvgIpc) is 2.65. The summed E-state index contributed by atoms with van der Waals surface area (Å²) in [5, 5.41) is 9.78. The van der Waals surface area contributed by atoms with Gasteiger partial charge < -0.3 is 24.1 Å². The third-order valence-electron chi connectivity index (χ3n) is 3.73. The Morgan fingerprint density at radius 1 is 0.667 bits per heavy atom. The van der Waals surface area contributed by atoms with Crippen molar-refractivity contribution in [2.45, 2.75) is 27.7 Å². The summed E-state index contributed by atoms with van der Waals surface area (Å²) < 4.78 is 20.1. The molecule has 0 aliphatic carbocycles. The zero-order valence-corrected chi connectivity index (χ0v) is 18.2. The van der Waals surface area contributed by atoms with Crippen LogP contribution in [0.25, 0.3) is 11.6 Å². The van der Waals surface area contributed by atoms with Gasteiger partial charge in [-0.3, -0.25) is 19.2 Å². The van der Waals surface area contributed by atoms with Crippen LogP contribution in [-0.4, -0.2) is 35.0 Å². The largest absolute Gasteiger partial charge is 0.478 e. The highest BCUT2D eigenvalue weighted by molar-refractivity contribution is 6.20. The van der Waals surface area contributed by atoms with Gasteiger partial charge in [-0.05, 0) is 41.5 Å². The summed E-state index contributed by atoms with van der Waals surface area (Å²) >= 11 is 0. The van der Waals surface area contributed by atoms with Crippen LogP contribution in [0.2, 0.25) is 0 Å². The topological polar surface area (TPSA) is 142 Å². The fourth-order valence-electron chi connectivity index (χ4n) is 2.70. The second-order valence-corrected chi connectivity index (χ2v) is 6.64. The first-order valence-electron chi connectivity index (χ1n) is 9.42. The summed E-state index contributed by atoms with van der Waals surface area (Å²) in [6, 6.07) is 7.93. The molecule has 1 N–H and O–H groups in total. The fourth-order valence-corrected chi connectivity index (χ4v) is 2.70. The van der Waals surface area contributed by atoms with Crippen LogP contribution in [0.5, 0.6) is 23.0 Å². The van der Waals surface area contributed by atoms with E-state index in [1.54, 1.807) is 0 Å². The molecule has 10 heteroatoms. The second kappa shape index (κ2) is 10.7. The molecule has 0 atom stereocenters. The maximum Gasteiger partial charge on any atom is 0.336 e. The Morgan fingerprint density at radius 3 is 1.61 bits per heavy atom. The number of carboxylic acid groups (broad SMARTS) is 1. The van der Waals surface area contributed by atoms with E-state index < -0.39 is 29.8 Å². The molecule has 0 unspecified atom stereocenters. The molecule has 2 aromatic carbocycles. The van der Waals surface area contributed by atoms with E-state index >= 15 is 0 Å². The summed E-state index contributed by atoms with van der Waals surface area (Å²) in [6.07, 6.45) is 1.25. The maximum atomic E-state index is 12.0. The van der Waals surface area contributed by atoms with Gasteiger partial charge in [0.15, 0.2) is 11.5 Å². The molecular formula is C23H20O10. The lowest BCUT2D eigenvalue weighted by molar-refractivity contribution is -0.134. The van der Waals surface area contributed by atoms with Crippen LogP contribution in [0.4, 0.5) is 0 Å². The lowest BCUT2D eigenvalue weighted by Crippen LogP contribution is -2.07. The van der Waals surface area contributed by atoms with E-state index in [-0.39, 0.29) is 39.7 Å². The minimum absolute atomic E-state index is 0.0271. The van der Waals surface area contributed by atoms with Gasteiger partial charge in [0.05, 0.1) is 5.57 Å². The third-order valence-corrected chi connectivity index (χ3v) is 3.73. The van der Waals surface area contributed by atoms with Gasteiger partial charge in [0, 0.05) is 33.8 Å². The molecule has 0 aliphatic heterocycles. The number of ether oxygens (including phenoxy) is 4. The van der Waals surface area contributed by atoms with Crippen molar-refractivity contribution in [1.82, 2.24) is 0 Å². The lowest BCUT2D eigenvalue weighted by atomic mass is 10.0. The summed E-state index contributed by atoms with van der Waals surface area (Å²) in [7, 11) is 0. The van der Waals surface area contributed by atoms with E-state index in [0.29, 0.717) is 0 Å². The molecule has 33 heavy (non-hydrogen) atoms. The van der Waals surface area contributed by atoms with Crippen LogP contribution in [0.15, 0.2) is 36.4 Å². The van der Waals surface area contributed by atoms with E-state index in [1.165, 1.54) is 49.4 Å². The molecular weight excluding hydrogens is 436 g/mol. The molecule has 0 spiro atoms. The summed E-state index contributed by atoms with van der Waals surface area (Å²) in [5.41, 5.74) is 0.0912. The molecule has 0 aromatic heterocycles. The Kier molecular flexibility index (Phi) is 8.05. The molecule has 0 radical (unpaired) electrons. The van der Waals surface area contributed by atoms with Crippen LogP contribution < -0.4 is 18.9 Å². The molecule has 0 aliphatic rings. The first kappa shape index (κ1) is 24.8. The average molecular weight is 456 g/mol. The number of esters is 4. The molecule has 0 fully saturated rings. The second-order valence-electron chi connectivity index (χ2n) is 6.64. The standard InChI is InChI=1S/C23H20O10/c1-12(24)30-18-9-17(10-19(11-18)31-13(2)25)20(23(28)29)7-16-5-6-21(32-14(3)26)22(8-16)33-15(4)27/h5-11H,1-4H3,(H,28,29)/b20-7+. The van der Waals surface area contributed by atoms with E-state index in [4.69, 9.17) is 18.9 Å². The van der Waals surface area contributed by atoms with Gasteiger partial charge in [0.1, 0.15) is 11.5 Å². The molecule has 0 saturated carbocycles. The van der Waals surface area contributed by atoms with Gasteiger partial charge >= 0.3 is 29.8 Å². The van der Waals surface area contributed by atoms with Crippen molar-refractivity contribution in [1.29, 1.82) is 0 Å². The minimum Gasteiger partial charge on any atom is -0.478 e. The van der Waals surface area contributed by atoms with Crippen molar-refractivity contribution in [3.63, 3.8) is 0 Å². The number of benzene rings is 2. The predicted octanol–water partition coefficient (Wildman–Crippen LogP) is 3.01.